The number of nitrogens with two attached hydrogens (primary N) is 1. The monoisotopic (exact) mass is 482 g/mol. The van der Waals surface area contributed by atoms with Crippen LogP contribution in [0.3, 0.4) is 0 Å². The lowest BCUT2D eigenvalue weighted by molar-refractivity contribution is 0.102. The van der Waals surface area contributed by atoms with Gasteiger partial charge in [0, 0.05) is 26.7 Å². The zero-order valence-electron chi connectivity index (χ0n) is 14.6. The van der Waals surface area contributed by atoms with Gasteiger partial charge in [-0.25, -0.2) is 0 Å². The third-order valence-corrected chi connectivity index (χ3v) is 3.66. The Hall–Kier alpha value is -0.950. The van der Waals surface area contributed by atoms with Crippen molar-refractivity contribution in [3.8, 4) is 0 Å². The van der Waals surface area contributed by atoms with Crippen LogP contribution in [0.2, 0.25) is 0 Å². The molecule has 3 N–H and O–H groups in total. The van der Waals surface area contributed by atoms with Crippen molar-refractivity contribution in [3.63, 3.8) is 0 Å². The van der Waals surface area contributed by atoms with E-state index in [2.05, 4.69) is 21.4 Å². The first-order valence-corrected chi connectivity index (χ1v) is 8.39. The van der Waals surface area contributed by atoms with E-state index in [9.17, 15) is 9.59 Å². The Morgan fingerprint density at radius 2 is 1.38 bits per heavy atom. The summed E-state index contributed by atoms with van der Waals surface area (Å²) in [5.74, 6) is 4.84. The van der Waals surface area contributed by atoms with Crippen molar-refractivity contribution in [1.29, 1.82) is 0 Å². The van der Waals surface area contributed by atoms with Crippen LogP contribution in [0.5, 0.6) is 0 Å². The minimum Gasteiger partial charge on any atom is -0.289 e. The van der Waals surface area contributed by atoms with Crippen LogP contribution in [0.15, 0.2) is 53.0 Å². The number of carbonyl (C=O) groups excluding carboxylic acids is 2. The molecule has 2 rings (SSSR count). The van der Waals surface area contributed by atoms with Crippen LogP contribution in [-0.2, 0) is 0 Å². The summed E-state index contributed by atoms with van der Waals surface area (Å²) in [4.78, 5) is 23.5. The molecule has 0 aliphatic rings. The number of benzene rings is 2. The lowest BCUT2D eigenvalue weighted by Gasteiger charge is -2.14. The van der Waals surface area contributed by atoms with E-state index in [1.807, 2.05) is 20.8 Å². The number of hydrogen-bond donors (Lipinski definition) is 2. The molecule has 0 radical (unpaired) electrons. The zero-order chi connectivity index (χ0) is 18.3. The van der Waals surface area contributed by atoms with Crippen LogP contribution in [0, 0.1) is 0 Å². The topological polar surface area (TPSA) is 72.2 Å². The Morgan fingerprint density at radius 1 is 0.962 bits per heavy atom. The third-order valence-electron chi connectivity index (χ3n) is 2.92. The van der Waals surface area contributed by atoms with Crippen LogP contribution in [0.1, 0.15) is 47.1 Å². The van der Waals surface area contributed by atoms with Crippen molar-refractivity contribution in [3.05, 3.63) is 69.7 Å². The summed E-state index contributed by atoms with van der Waals surface area (Å²) in [6.45, 7) is 6.02. The van der Waals surface area contributed by atoms with Crippen LogP contribution in [-0.4, -0.2) is 16.6 Å². The van der Waals surface area contributed by atoms with E-state index in [1.54, 1.807) is 48.5 Å². The summed E-state index contributed by atoms with van der Waals surface area (Å²) in [6, 6.07) is 13.5. The molecule has 0 aliphatic carbocycles. The Kier molecular flexibility index (Phi) is 13.0. The maximum Gasteiger partial charge on any atom is 0.253 e. The van der Waals surface area contributed by atoms with Gasteiger partial charge in [0.2, 0.25) is 0 Å². The van der Waals surface area contributed by atoms with E-state index in [0.29, 0.717) is 11.1 Å². The molecule has 26 heavy (non-hydrogen) atoms. The van der Waals surface area contributed by atoms with Gasteiger partial charge in [-0.1, -0.05) is 34.1 Å². The molecule has 0 aromatic heterocycles. The van der Waals surface area contributed by atoms with Crippen LogP contribution >= 0.6 is 52.3 Å². The highest BCUT2D eigenvalue weighted by Crippen LogP contribution is 2.18. The fourth-order valence-corrected chi connectivity index (χ4v) is 2.04. The SMILES string of the molecule is CC(C)(C)NN.Cl.Cl.O=C(Cl)c1ccccc1C(=O)c1ccc(Br)cc1. The summed E-state index contributed by atoms with van der Waals surface area (Å²) >= 11 is 8.77. The highest BCUT2D eigenvalue weighted by atomic mass is 79.9. The van der Waals surface area contributed by atoms with E-state index in [-0.39, 0.29) is 41.7 Å². The summed E-state index contributed by atoms with van der Waals surface area (Å²) in [5.41, 5.74) is 3.74. The van der Waals surface area contributed by atoms with Gasteiger partial charge in [0.15, 0.2) is 5.78 Å². The Morgan fingerprint density at radius 3 is 1.77 bits per heavy atom. The lowest BCUT2D eigenvalue weighted by atomic mass is 9.99. The first-order valence-electron chi connectivity index (χ1n) is 7.22. The molecule has 0 atom stereocenters. The highest BCUT2D eigenvalue weighted by Gasteiger charge is 2.16. The van der Waals surface area contributed by atoms with Gasteiger partial charge in [-0.05, 0) is 62.7 Å². The molecule has 8 heteroatoms. The van der Waals surface area contributed by atoms with Gasteiger partial charge in [-0.15, -0.1) is 24.8 Å². The molecule has 2 aromatic carbocycles. The van der Waals surface area contributed by atoms with E-state index in [0.717, 1.165) is 4.47 Å². The van der Waals surface area contributed by atoms with Crippen LogP contribution in [0.4, 0.5) is 0 Å². The van der Waals surface area contributed by atoms with Crippen molar-refractivity contribution < 1.29 is 9.59 Å². The third kappa shape index (κ3) is 9.12. The molecule has 0 saturated heterocycles. The average Bonchev–Trinajstić information content (AvgIpc) is 2.55. The molecule has 144 valence electrons. The van der Waals surface area contributed by atoms with Gasteiger partial charge in [0.05, 0.1) is 0 Å². The highest BCUT2D eigenvalue weighted by molar-refractivity contribution is 9.10. The van der Waals surface area contributed by atoms with Gasteiger partial charge in [0.25, 0.3) is 5.24 Å². The van der Waals surface area contributed by atoms with E-state index >= 15 is 0 Å². The standard InChI is InChI=1S/C14H8BrClO2.C4H12N2.2ClH/c15-10-7-5-9(6-8-10)13(17)11-3-1-2-4-12(11)14(16)18;1-4(2,3)6-5;;/h1-8H;6H,5H2,1-3H3;2*1H. The van der Waals surface area contributed by atoms with Crippen molar-refractivity contribution in [2.45, 2.75) is 26.3 Å². The summed E-state index contributed by atoms with van der Waals surface area (Å²) in [7, 11) is 0. The average molecular weight is 485 g/mol. The second-order valence-corrected chi connectivity index (χ2v) is 7.31. The number of hydrogen-bond acceptors (Lipinski definition) is 4. The molecule has 0 unspecified atom stereocenters. The van der Waals surface area contributed by atoms with Crippen molar-refractivity contribution in [2.75, 3.05) is 0 Å². The summed E-state index contributed by atoms with van der Waals surface area (Å²) < 4.78 is 0.890. The first-order chi connectivity index (χ1) is 11.2. The summed E-state index contributed by atoms with van der Waals surface area (Å²) in [5, 5.41) is -0.629. The molecule has 2 aromatic rings. The normalized spacial score (nSPS) is 9.77. The minimum absolute atomic E-state index is 0. The zero-order valence-corrected chi connectivity index (χ0v) is 18.6. The van der Waals surface area contributed by atoms with E-state index in [1.165, 1.54) is 0 Å². The predicted molar refractivity (Wildman–Crippen MR) is 116 cm³/mol. The number of carbonyl (C=O) groups is 2. The molecule has 4 nitrogen and oxygen atoms in total. The number of nitrogens with one attached hydrogen (secondary N) is 1. The molecule has 0 aliphatic heterocycles. The molecular formula is C18H22BrCl3N2O2. The Bertz CT molecular complexity index is 717. The molecule has 0 saturated carbocycles. The van der Waals surface area contributed by atoms with Gasteiger partial charge in [-0.2, -0.15) is 0 Å². The second-order valence-electron chi connectivity index (χ2n) is 6.05. The fourth-order valence-electron chi connectivity index (χ4n) is 1.61. The Labute approximate surface area is 179 Å². The molecule has 0 amide bonds. The molecule has 0 spiro atoms. The van der Waals surface area contributed by atoms with Gasteiger partial charge in [-0.3, -0.25) is 20.9 Å². The minimum atomic E-state index is -0.629. The summed E-state index contributed by atoms with van der Waals surface area (Å²) in [6.07, 6.45) is 0. The van der Waals surface area contributed by atoms with Crippen molar-refractivity contribution in [1.82, 2.24) is 5.43 Å². The van der Waals surface area contributed by atoms with Gasteiger partial charge in [0.1, 0.15) is 0 Å². The van der Waals surface area contributed by atoms with Crippen molar-refractivity contribution in [2.24, 2.45) is 5.84 Å². The number of hydrazine groups is 1. The maximum absolute atomic E-state index is 12.3. The quantitative estimate of drug-likeness (QED) is 0.274. The second kappa shape index (κ2) is 12.4. The lowest BCUT2D eigenvalue weighted by Crippen LogP contribution is -2.41. The molecular weight excluding hydrogens is 462 g/mol. The number of ketones is 1. The molecule has 0 heterocycles. The van der Waals surface area contributed by atoms with Gasteiger partial charge < -0.3 is 0 Å². The molecule has 0 bridgehead atoms. The fraction of sp³-hybridized carbons (Fsp3) is 0.222. The van der Waals surface area contributed by atoms with Crippen molar-refractivity contribution >= 4 is 63.4 Å². The Balaban J connectivity index is 0. The molecule has 0 fully saturated rings. The largest absolute Gasteiger partial charge is 0.289 e. The smallest absolute Gasteiger partial charge is 0.253 e. The predicted octanol–water partition coefficient (Wildman–Crippen LogP) is 5.15. The number of halogens is 4. The van der Waals surface area contributed by atoms with E-state index < -0.39 is 5.24 Å². The first kappa shape index (κ1) is 27.3. The van der Waals surface area contributed by atoms with Gasteiger partial charge >= 0.3 is 0 Å². The maximum atomic E-state index is 12.3. The van der Waals surface area contributed by atoms with Crippen LogP contribution < -0.4 is 11.3 Å². The van der Waals surface area contributed by atoms with Crippen LogP contribution in [0.25, 0.3) is 0 Å². The van der Waals surface area contributed by atoms with E-state index in [4.69, 9.17) is 17.4 Å². The number of rotatable bonds is 3.